The topological polar surface area (TPSA) is 88.8 Å². The van der Waals surface area contributed by atoms with E-state index in [9.17, 15) is 4.39 Å². The molecule has 0 aliphatic carbocycles. The monoisotopic (exact) mass is 380 g/mol. The van der Waals surface area contributed by atoms with Gasteiger partial charge in [-0.2, -0.15) is 4.80 Å². The standard InChI is InChI=1S/C15H14ClFN6OS/c16-14-7-12(25-19-5-6-24)3-4-13(14)15-20-22-23(21-15)9-11-2-1-10(17)8-18-11/h1-4,7-8,19,24H,5-6,9H2. The molecule has 0 bridgehead atoms. The van der Waals surface area contributed by atoms with Crippen molar-refractivity contribution < 1.29 is 9.50 Å². The molecule has 0 fully saturated rings. The third-order valence-electron chi connectivity index (χ3n) is 3.13. The van der Waals surface area contributed by atoms with Crippen LogP contribution in [0.4, 0.5) is 4.39 Å². The maximum Gasteiger partial charge on any atom is 0.206 e. The van der Waals surface area contributed by atoms with Crippen LogP contribution in [0.2, 0.25) is 5.02 Å². The van der Waals surface area contributed by atoms with Crippen LogP contribution in [0.3, 0.4) is 0 Å². The molecular weight excluding hydrogens is 367 g/mol. The second kappa shape index (κ2) is 8.34. The van der Waals surface area contributed by atoms with Crippen LogP contribution < -0.4 is 4.72 Å². The summed E-state index contributed by atoms with van der Waals surface area (Å²) in [6, 6.07) is 8.37. The van der Waals surface area contributed by atoms with Crippen LogP contribution in [0.25, 0.3) is 11.4 Å². The molecule has 2 aromatic heterocycles. The first kappa shape index (κ1) is 17.7. The molecule has 1 aromatic carbocycles. The Bertz CT molecular complexity index is 844. The Kier molecular flexibility index (Phi) is 5.92. The summed E-state index contributed by atoms with van der Waals surface area (Å²) in [6.07, 6.45) is 1.14. The minimum atomic E-state index is -0.394. The van der Waals surface area contributed by atoms with Crippen LogP contribution in [0.5, 0.6) is 0 Å². The molecule has 0 aliphatic heterocycles. The molecule has 2 heterocycles. The van der Waals surface area contributed by atoms with Gasteiger partial charge in [0.2, 0.25) is 5.82 Å². The first-order valence-electron chi connectivity index (χ1n) is 7.34. The van der Waals surface area contributed by atoms with Crippen LogP contribution >= 0.6 is 23.5 Å². The number of pyridine rings is 1. The summed E-state index contributed by atoms with van der Waals surface area (Å²) in [5.41, 5.74) is 1.28. The molecule has 0 unspecified atom stereocenters. The zero-order chi connectivity index (χ0) is 17.6. The Hall–Kier alpha value is -2.07. The van der Waals surface area contributed by atoms with E-state index >= 15 is 0 Å². The zero-order valence-corrected chi connectivity index (χ0v) is 14.5. The van der Waals surface area contributed by atoms with Crippen molar-refractivity contribution >= 4 is 23.5 Å². The van der Waals surface area contributed by atoms with Crippen molar-refractivity contribution in [2.75, 3.05) is 13.2 Å². The second-order valence-electron chi connectivity index (χ2n) is 4.97. The number of nitrogens with zero attached hydrogens (tertiary/aromatic N) is 5. The Morgan fingerprint density at radius 1 is 1.28 bits per heavy atom. The largest absolute Gasteiger partial charge is 0.395 e. The van der Waals surface area contributed by atoms with Gasteiger partial charge in [-0.05, 0) is 47.5 Å². The van der Waals surface area contributed by atoms with E-state index in [0.717, 1.165) is 11.1 Å². The zero-order valence-electron chi connectivity index (χ0n) is 12.9. The lowest BCUT2D eigenvalue weighted by Gasteiger charge is -2.04. The summed E-state index contributed by atoms with van der Waals surface area (Å²) in [6.45, 7) is 0.829. The lowest BCUT2D eigenvalue weighted by atomic mass is 10.2. The van der Waals surface area contributed by atoms with Gasteiger partial charge in [0.25, 0.3) is 0 Å². The second-order valence-corrected chi connectivity index (χ2v) is 6.34. The van der Waals surface area contributed by atoms with E-state index < -0.39 is 5.82 Å². The number of tetrazole rings is 1. The van der Waals surface area contributed by atoms with Gasteiger partial charge in [-0.1, -0.05) is 11.6 Å². The van der Waals surface area contributed by atoms with Crippen molar-refractivity contribution in [2.24, 2.45) is 0 Å². The average Bonchev–Trinajstić information content (AvgIpc) is 3.05. The van der Waals surface area contributed by atoms with Gasteiger partial charge in [-0.3, -0.25) is 9.71 Å². The van der Waals surface area contributed by atoms with Gasteiger partial charge in [0.15, 0.2) is 0 Å². The van der Waals surface area contributed by atoms with Crippen LogP contribution in [-0.2, 0) is 6.54 Å². The maximum absolute atomic E-state index is 12.9. The highest BCUT2D eigenvalue weighted by Gasteiger charge is 2.11. The van der Waals surface area contributed by atoms with Crippen LogP contribution in [0.1, 0.15) is 5.69 Å². The predicted molar refractivity (Wildman–Crippen MR) is 92.5 cm³/mol. The molecule has 10 heteroatoms. The minimum absolute atomic E-state index is 0.0642. The highest BCUT2D eigenvalue weighted by Crippen LogP contribution is 2.28. The molecule has 0 saturated heterocycles. The third kappa shape index (κ3) is 4.73. The number of hydrogen-bond donors (Lipinski definition) is 2. The number of hydrogen-bond acceptors (Lipinski definition) is 7. The molecule has 0 aliphatic rings. The Balaban J connectivity index is 1.72. The number of benzene rings is 1. The third-order valence-corrected chi connectivity index (χ3v) is 4.28. The molecule has 0 amide bonds. The maximum atomic E-state index is 12.9. The molecule has 0 spiro atoms. The summed E-state index contributed by atoms with van der Waals surface area (Å²) in [5, 5.41) is 21.5. The average molecular weight is 381 g/mol. The van der Waals surface area contributed by atoms with Crippen LogP contribution in [0, 0.1) is 5.82 Å². The van der Waals surface area contributed by atoms with E-state index in [1.54, 1.807) is 12.1 Å². The number of aromatic nitrogens is 5. The van der Waals surface area contributed by atoms with Gasteiger partial charge in [0.1, 0.15) is 12.4 Å². The van der Waals surface area contributed by atoms with Crippen molar-refractivity contribution in [1.29, 1.82) is 0 Å². The van der Waals surface area contributed by atoms with E-state index in [2.05, 4.69) is 25.1 Å². The fourth-order valence-corrected chi connectivity index (χ4v) is 2.99. The van der Waals surface area contributed by atoms with Gasteiger partial charge in [0.05, 0.1) is 23.5 Å². The molecule has 2 N–H and O–H groups in total. The normalized spacial score (nSPS) is 11.0. The molecule has 7 nitrogen and oxygen atoms in total. The summed E-state index contributed by atoms with van der Waals surface area (Å²) >= 11 is 7.68. The summed E-state index contributed by atoms with van der Waals surface area (Å²) in [4.78, 5) is 6.24. The lowest BCUT2D eigenvalue weighted by molar-refractivity contribution is 0.302. The van der Waals surface area contributed by atoms with Crippen molar-refractivity contribution in [1.82, 2.24) is 29.9 Å². The Labute approximate surface area is 152 Å². The van der Waals surface area contributed by atoms with Crippen molar-refractivity contribution in [3.8, 4) is 11.4 Å². The molecule has 0 saturated carbocycles. The number of aliphatic hydroxyl groups is 1. The van der Waals surface area contributed by atoms with E-state index in [0.29, 0.717) is 28.6 Å². The summed E-state index contributed by atoms with van der Waals surface area (Å²) < 4.78 is 15.9. The Morgan fingerprint density at radius 2 is 2.16 bits per heavy atom. The predicted octanol–water partition coefficient (Wildman–Crippen LogP) is 2.16. The van der Waals surface area contributed by atoms with Crippen molar-refractivity contribution in [2.45, 2.75) is 11.4 Å². The van der Waals surface area contributed by atoms with Crippen LogP contribution in [-0.4, -0.2) is 43.4 Å². The lowest BCUT2D eigenvalue weighted by Crippen LogP contribution is -2.08. The van der Waals surface area contributed by atoms with E-state index in [-0.39, 0.29) is 13.2 Å². The number of halogens is 2. The molecular formula is C15H14ClFN6OS. The molecule has 130 valence electrons. The van der Waals surface area contributed by atoms with Gasteiger partial charge in [-0.15, -0.1) is 10.2 Å². The van der Waals surface area contributed by atoms with E-state index in [4.69, 9.17) is 16.7 Å². The number of nitrogens with one attached hydrogen (secondary N) is 1. The SMILES string of the molecule is OCCNSc1ccc(-c2nnn(Cc3ccc(F)cn3)n2)c(Cl)c1. The first-order valence-corrected chi connectivity index (χ1v) is 8.54. The van der Waals surface area contributed by atoms with E-state index in [1.165, 1.54) is 22.8 Å². The van der Waals surface area contributed by atoms with Crippen molar-refractivity contribution in [3.63, 3.8) is 0 Å². The van der Waals surface area contributed by atoms with Gasteiger partial charge in [0, 0.05) is 17.0 Å². The fourth-order valence-electron chi connectivity index (χ4n) is 1.98. The van der Waals surface area contributed by atoms with Gasteiger partial charge < -0.3 is 5.11 Å². The van der Waals surface area contributed by atoms with Gasteiger partial charge >= 0.3 is 0 Å². The fraction of sp³-hybridized carbons (Fsp3) is 0.200. The molecule has 25 heavy (non-hydrogen) atoms. The minimum Gasteiger partial charge on any atom is -0.395 e. The summed E-state index contributed by atoms with van der Waals surface area (Å²) in [7, 11) is 0. The van der Waals surface area contributed by atoms with E-state index in [1.807, 2.05) is 12.1 Å². The first-order chi connectivity index (χ1) is 12.2. The summed E-state index contributed by atoms with van der Waals surface area (Å²) in [5.74, 6) is 0.00110. The molecule has 3 aromatic rings. The van der Waals surface area contributed by atoms with Crippen molar-refractivity contribution in [3.05, 3.63) is 53.1 Å². The van der Waals surface area contributed by atoms with Crippen LogP contribution in [0.15, 0.2) is 41.4 Å². The highest BCUT2D eigenvalue weighted by atomic mass is 35.5. The number of rotatable bonds is 7. The molecule has 0 radical (unpaired) electrons. The Morgan fingerprint density at radius 3 is 2.88 bits per heavy atom. The quantitative estimate of drug-likeness (QED) is 0.479. The highest BCUT2D eigenvalue weighted by molar-refractivity contribution is 7.97. The molecule has 0 atom stereocenters. The molecule has 3 rings (SSSR count). The smallest absolute Gasteiger partial charge is 0.206 e. The number of aliphatic hydroxyl groups excluding tert-OH is 1. The van der Waals surface area contributed by atoms with Gasteiger partial charge in [-0.25, -0.2) is 4.39 Å².